The smallest absolute Gasteiger partial charge is 0.178 e. The van der Waals surface area contributed by atoms with Crippen LogP contribution in [0.4, 0.5) is 0 Å². The minimum absolute atomic E-state index is 0.0354. The molecule has 2 aromatic heterocycles. The zero-order chi connectivity index (χ0) is 12.9. The van der Waals surface area contributed by atoms with Gasteiger partial charge < -0.3 is 0 Å². The van der Waals surface area contributed by atoms with E-state index < -0.39 is 0 Å². The zero-order valence-electron chi connectivity index (χ0n) is 10.7. The molecule has 0 aliphatic rings. The molecule has 0 N–H and O–H groups in total. The summed E-state index contributed by atoms with van der Waals surface area (Å²) in [6, 6.07) is 8.28. The second kappa shape index (κ2) is 3.67. The van der Waals surface area contributed by atoms with Crippen LogP contribution in [0.15, 0.2) is 30.5 Å². The lowest BCUT2D eigenvalue weighted by atomic mass is 10.1. The summed E-state index contributed by atoms with van der Waals surface area (Å²) in [6.45, 7) is 5.72. The fraction of sp³-hybridized carbons (Fsp3) is 0.200. The van der Waals surface area contributed by atoms with Gasteiger partial charge in [-0.15, -0.1) is 0 Å². The molecule has 0 fully saturated rings. The molecule has 3 rings (SSSR count). The van der Waals surface area contributed by atoms with Gasteiger partial charge in [0, 0.05) is 12.3 Å². The molecule has 0 bridgehead atoms. The van der Waals surface area contributed by atoms with E-state index in [0.717, 1.165) is 11.2 Å². The van der Waals surface area contributed by atoms with Gasteiger partial charge in [0.2, 0.25) is 0 Å². The quantitative estimate of drug-likeness (QED) is 0.609. The molecule has 0 saturated heterocycles. The molecule has 0 aliphatic heterocycles. The van der Waals surface area contributed by atoms with Gasteiger partial charge in [0.25, 0.3) is 0 Å². The number of pyridine rings is 1. The lowest BCUT2D eigenvalue weighted by Gasteiger charge is -2.08. The largest absolute Gasteiger partial charge is 0.293 e. The maximum absolute atomic E-state index is 11.7. The van der Waals surface area contributed by atoms with Crippen molar-refractivity contribution in [1.82, 2.24) is 9.38 Å². The highest BCUT2D eigenvalue weighted by Crippen LogP contribution is 2.23. The summed E-state index contributed by atoms with van der Waals surface area (Å²) < 4.78 is 1.93. The van der Waals surface area contributed by atoms with Gasteiger partial charge in [0.15, 0.2) is 5.78 Å². The SMILES string of the molecule is CC(=O)c1cnc2cc(C)c3cc(C)ccc3n12. The van der Waals surface area contributed by atoms with Crippen molar-refractivity contribution in [2.75, 3.05) is 0 Å². The molecule has 0 radical (unpaired) electrons. The van der Waals surface area contributed by atoms with Gasteiger partial charge in [-0.05, 0) is 37.6 Å². The maximum atomic E-state index is 11.7. The van der Waals surface area contributed by atoms with E-state index in [1.165, 1.54) is 16.5 Å². The van der Waals surface area contributed by atoms with Crippen LogP contribution in [0.2, 0.25) is 0 Å². The zero-order valence-corrected chi connectivity index (χ0v) is 10.7. The maximum Gasteiger partial charge on any atom is 0.178 e. The number of benzene rings is 1. The van der Waals surface area contributed by atoms with Gasteiger partial charge in [-0.3, -0.25) is 9.20 Å². The van der Waals surface area contributed by atoms with Crippen molar-refractivity contribution < 1.29 is 4.79 Å². The Labute approximate surface area is 105 Å². The Kier molecular flexibility index (Phi) is 2.23. The van der Waals surface area contributed by atoms with Crippen LogP contribution in [-0.2, 0) is 0 Å². The van der Waals surface area contributed by atoms with Crippen molar-refractivity contribution in [3.05, 3.63) is 47.3 Å². The molecule has 0 unspecified atom stereocenters. The highest BCUT2D eigenvalue weighted by atomic mass is 16.1. The fourth-order valence-corrected chi connectivity index (χ4v) is 2.40. The van der Waals surface area contributed by atoms with Crippen LogP contribution < -0.4 is 0 Å². The fourth-order valence-electron chi connectivity index (χ4n) is 2.40. The molecule has 18 heavy (non-hydrogen) atoms. The number of hydrogen-bond donors (Lipinski definition) is 0. The van der Waals surface area contributed by atoms with Crippen LogP contribution in [0.1, 0.15) is 28.5 Å². The Balaban J connectivity index is 2.57. The van der Waals surface area contributed by atoms with Gasteiger partial charge in [-0.2, -0.15) is 0 Å². The lowest BCUT2D eigenvalue weighted by molar-refractivity contribution is 0.101. The summed E-state index contributed by atoms with van der Waals surface area (Å²) in [5, 5.41) is 1.17. The molecule has 1 aromatic carbocycles. The second-order valence-electron chi connectivity index (χ2n) is 4.74. The number of rotatable bonds is 1. The number of Topliss-reactive ketones (excluding diaryl/α,β-unsaturated/α-hetero) is 1. The summed E-state index contributed by atoms with van der Waals surface area (Å²) in [5.74, 6) is 0.0354. The highest BCUT2D eigenvalue weighted by Gasteiger charge is 2.12. The number of aryl methyl sites for hydroxylation is 2. The third-order valence-corrected chi connectivity index (χ3v) is 3.31. The van der Waals surface area contributed by atoms with Crippen LogP contribution in [0.25, 0.3) is 16.6 Å². The molecule has 0 atom stereocenters. The minimum Gasteiger partial charge on any atom is -0.293 e. The Hall–Kier alpha value is -2.16. The molecule has 3 aromatic rings. The van der Waals surface area contributed by atoms with E-state index in [1.807, 2.05) is 10.5 Å². The van der Waals surface area contributed by atoms with Gasteiger partial charge in [0.1, 0.15) is 11.3 Å². The molecular weight excluding hydrogens is 224 g/mol. The third kappa shape index (κ3) is 1.44. The van der Waals surface area contributed by atoms with E-state index in [1.54, 1.807) is 13.1 Å². The van der Waals surface area contributed by atoms with E-state index in [9.17, 15) is 4.79 Å². The van der Waals surface area contributed by atoms with Crippen LogP contribution in [-0.4, -0.2) is 15.2 Å². The highest BCUT2D eigenvalue weighted by molar-refractivity contribution is 5.96. The number of nitrogens with zero attached hydrogens (tertiary/aromatic N) is 2. The first-order valence-electron chi connectivity index (χ1n) is 5.96. The van der Waals surface area contributed by atoms with Gasteiger partial charge in [-0.1, -0.05) is 11.6 Å². The predicted molar refractivity (Wildman–Crippen MR) is 72.2 cm³/mol. The normalized spacial score (nSPS) is 11.3. The van der Waals surface area contributed by atoms with Gasteiger partial charge >= 0.3 is 0 Å². The molecule has 2 heterocycles. The van der Waals surface area contributed by atoms with Crippen molar-refractivity contribution >= 4 is 22.3 Å². The number of imidazole rings is 1. The van der Waals surface area contributed by atoms with Crippen molar-refractivity contribution in [1.29, 1.82) is 0 Å². The Morgan fingerprint density at radius 1 is 1.22 bits per heavy atom. The Bertz CT molecular complexity index is 784. The van der Waals surface area contributed by atoms with E-state index in [4.69, 9.17) is 0 Å². The molecule has 0 amide bonds. The van der Waals surface area contributed by atoms with Crippen molar-refractivity contribution in [3.63, 3.8) is 0 Å². The average Bonchev–Trinajstić information content (AvgIpc) is 2.73. The van der Waals surface area contributed by atoms with E-state index >= 15 is 0 Å². The van der Waals surface area contributed by atoms with Crippen LogP contribution >= 0.6 is 0 Å². The molecule has 0 saturated carbocycles. The average molecular weight is 238 g/mol. The first kappa shape index (κ1) is 11.0. The van der Waals surface area contributed by atoms with Crippen LogP contribution in [0, 0.1) is 13.8 Å². The molecule has 0 spiro atoms. The molecule has 0 aliphatic carbocycles. The Morgan fingerprint density at radius 3 is 2.72 bits per heavy atom. The van der Waals surface area contributed by atoms with Crippen LogP contribution in [0.3, 0.4) is 0 Å². The lowest BCUT2D eigenvalue weighted by Crippen LogP contribution is -2.00. The number of carbonyl (C=O) groups excluding carboxylic acids is 1. The van der Waals surface area contributed by atoms with Gasteiger partial charge in [-0.25, -0.2) is 4.98 Å². The van der Waals surface area contributed by atoms with E-state index in [2.05, 4.69) is 37.0 Å². The number of carbonyl (C=O) groups is 1. The number of hydrogen-bond acceptors (Lipinski definition) is 2. The first-order chi connectivity index (χ1) is 8.58. The summed E-state index contributed by atoms with van der Waals surface area (Å²) in [7, 11) is 0. The summed E-state index contributed by atoms with van der Waals surface area (Å²) in [6.07, 6.45) is 1.65. The first-order valence-corrected chi connectivity index (χ1v) is 5.96. The number of fused-ring (bicyclic) bond motifs is 3. The van der Waals surface area contributed by atoms with E-state index in [-0.39, 0.29) is 5.78 Å². The third-order valence-electron chi connectivity index (χ3n) is 3.31. The molecule has 3 heteroatoms. The summed E-state index contributed by atoms with van der Waals surface area (Å²) in [4.78, 5) is 16.0. The van der Waals surface area contributed by atoms with Crippen molar-refractivity contribution in [3.8, 4) is 0 Å². The summed E-state index contributed by atoms with van der Waals surface area (Å²) in [5.41, 5.74) is 4.91. The summed E-state index contributed by atoms with van der Waals surface area (Å²) >= 11 is 0. The molecule has 90 valence electrons. The monoisotopic (exact) mass is 238 g/mol. The molecular formula is C15H14N2O. The predicted octanol–water partition coefficient (Wildman–Crippen LogP) is 3.31. The second-order valence-corrected chi connectivity index (χ2v) is 4.74. The Morgan fingerprint density at radius 2 is 2.00 bits per heavy atom. The van der Waals surface area contributed by atoms with E-state index in [0.29, 0.717) is 5.69 Å². The van der Waals surface area contributed by atoms with Crippen molar-refractivity contribution in [2.45, 2.75) is 20.8 Å². The number of ketones is 1. The minimum atomic E-state index is 0.0354. The number of aromatic nitrogens is 2. The topological polar surface area (TPSA) is 34.4 Å². The van der Waals surface area contributed by atoms with Gasteiger partial charge in [0.05, 0.1) is 11.7 Å². The standard InChI is InChI=1S/C15H14N2O/c1-9-4-5-13-12(6-9)10(2)7-15-16-8-14(11(3)18)17(13)15/h4-8H,1-3H3. The van der Waals surface area contributed by atoms with Crippen LogP contribution in [0.5, 0.6) is 0 Å². The van der Waals surface area contributed by atoms with Crippen molar-refractivity contribution in [2.24, 2.45) is 0 Å². The molecule has 3 nitrogen and oxygen atoms in total.